The van der Waals surface area contributed by atoms with E-state index in [1.807, 2.05) is 12.1 Å². The van der Waals surface area contributed by atoms with Crippen molar-refractivity contribution in [1.82, 2.24) is 0 Å². The summed E-state index contributed by atoms with van der Waals surface area (Å²) in [6.07, 6.45) is 0. The first-order valence-corrected chi connectivity index (χ1v) is 4.86. The molecule has 0 fully saturated rings. The molecule has 0 aromatic heterocycles. The minimum atomic E-state index is 0.171. The molecular weight excluding hydrogens is 279 g/mol. The van der Waals surface area contributed by atoms with Crippen molar-refractivity contribution >= 4 is 33.4 Å². The van der Waals surface area contributed by atoms with E-state index < -0.39 is 0 Å². The summed E-state index contributed by atoms with van der Waals surface area (Å²) in [7, 11) is 0. The lowest BCUT2D eigenvalue weighted by Crippen LogP contribution is -1.77. The quantitative estimate of drug-likeness (QED) is 0.731. The van der Waals surface area contributed by atoms with Gasteiger partial charge in [0.1, 0.15) is 11.5 Å². The summed E-state index contributed by atoms with van der Waals surface area (Å²) in [5.41, 5.74) is 0. The van der Waals surface area contributed by atoms with Gasteiger partial charge >= 0.3 is 0 Å². The highest BCUT2D eigenvalue weighted by Gasteiger charge is 2.03. The molecule has 0 unspecified atom stereocenters. The molecular formula is C10H7IO2. The van der Waals surface area contributed by atoms with E-state index in [9.17, 15) is 10.2 Å². The van der Waals surface area contributed by atoms with Gasteiger partial charge in [0.15, 0.2) is 0 Å². The number of benzene rings is 2. The summed E-state index contributed by atoms with van der Waals surface area (Å²) in [5, 5.41) is 20.5. The number of hydrogen-bond donors (Lipinski definition) is 2. The van der Waals surface area contributed by atoms with Gasteiger partial charge in [0, 0.05) is 5.39 Å². The summed E-state index contributed by atoms with van der Waals surface area (Å²) < 4.78 is 0.788. The summed E-state index contributed by atoms with van der Waals surface area (Å²) in [4.78, 5) is 0. The van der Waals surface area contributed by atoms with E-state index in [1.54, 1.807) is 18.2 Å². The maximum absolute atomic E-state index is 9.66. The molecule has 0 aliphatic heterocycles. The van der Waals surface area contributed by atoms with Crippen LogP contribution in [0.3, 0.4) is 0 Å². The van der Waals surface area contributed by atoms with Crippen LogP contribution < -0.4 is 0 Å². The monoisotopic (exact) mass is 286 g/mol. The third kappa shape index (κ3) is 1.44. The number of phenols is 2. The molecule has 0 aliphatic carbocycles. The summed E-state index contributed by atoms with van der Waals surface area (Å²) in [6.45, 7) is 0. The fourth-order valence-corrected chi connectivity index (χ4v) is 1.74. The van der Waals surface area contributed by atoms with Gasteiger partial charge in [-0.1, -0.05) is 12.1 Å². The smallest absolute Gasteiger partial charge is 0.136 e. The lowest BCUT2D eigenvalue weighted by molar-refractivity contribution is 0.470. The average molecular weight is 286 g/mol. The summed E-state index contributed by atoms with van der Waals surface area (Å²) >= 11 is 2.05. The first-order valence-electron chi connectivity index (χ1n) is 3.78. The molecule has 0 heterocycles. The number of halogens is 1. The van der Waals surface area contributed by atoms with E-state index in [1.165, 1.54) is 0 Å². The SMILES string of the molecule is Oc1ccc2ccc(I)c(O)c2c1. The number of fused-ring (bicyclic) bond motifs is 1. The predicted molar refractivity (Wildman–Crippen MR) is 60.0 cm³/mol. The molecule has 0 saturated heterocycles. The molecule has 0 saturated carbocycles. The Kier molecular flexibility index (Phi) is 2.03. The molecule has 66 valence electrons. The van der Waals surface area contributed by atoms with Crippen LogP contribution in [0.2, 0.25) is 0 Å². The van der Waals surface area contributed by atoms with Gasteiger partial charge in [0.25, 0.3) is 0 Å². The van der Waals surface area contributed by atoms with Crippen LogP contribution in [0.25, 0.3) is 10.8 Å². The van der Waals surface area contributed by atoms with Crippen molar-refractivity contribution in [1.29, 1.82) is 0 Å². The van der Waals surface area contributed by atoms with Gasteiger partial charge in [0.05, 0.1) is 3.57 Å². The van der Waals surface area contributed by atoms with Crippen molar-refractivity contribution in [2.45, 2.75) is 0 Å². The maximum atomic E-state index is 9.66. The Morgan fingerprint density at radius 3 is 2.46 bits per heavy atom. The minimum absolute atomic E-state index is 0.171. The molecule has 0 aliphatic rings. The standard InChI is InChI=1S/C10H7IO2/c11-9-4-2-6-1-3-7(12)5-8(6)10(9)13/h1-5,12-13H. The lowest BCUT2D eigenvalue weighted by atomic mass is 10.1. The van der Waals surface area contributed by atoms with Crippen LogP contribution in [0.15, 0.2) is 30.3 Å². The van der Waals surface area contributed by atoms with E-state index in [-0.39, 0.29) is 11.5 Å². The molecule has 0 radical (unpaired) electrons. The van der Waals surface area contributed by atoms with Gasteiger partial charge in [-0.15, -0.1) is 0 Å². The molecule has 2 N–H and O–H groups in total. The summed E-state index contributed by atoms with van der Waals surface area (Å²) in [5.74, 6) is 0.402. The van der Waals surface area contributed by atoms with Gasteiger partial charge in [-0.05, 0) is 46.2 Å². The van der Waals surface area contributed by atoms with E-state index in [0.717, 1.165) is 8.96 Å². The maximum Gasteiger partial charge on any atom is 0.136 e. The second-order valence-electron chi connectivity index (χ2n) is 2.80. The molecule has 0 atom stereocenters. The first kappa shape index (κ1) is 8.62. The fourth-order valence-electron chi connectivity index (χ4n) is 1.27. The zero-order valence-corrected chi connectivity index (χ0v) is 8.82. The van der Waals surface area contributed by atoms with Gasteiger partial charge in [-0.25, -0.2) is 0 Å². The number of aromatic hydroxyl groups is 2. The van der Waals surface area contributed by atoms with Crippen LogP contribution in [0.1, 0.15) is 0 Å². The Morgan fingerprint density at radius 1 is 1.00 bits per heavy atom. The zero-order chi connectivity index (χ0) is 9.42. The first-order chi connectivity index (χ1) is 6.18. The molecule has 13 heavy (non-hydrogen) atoms. The molecule has 0 spiro atoms. The Balaban J connectivity index is 2.89. The van der Waals surface area contributed by atoms with Gasteiger partial charge in [-0.3, -0.25) is 0 Å². The van der Waals surface area contributed by atoms with E-state index in [0.29, 0.717) is 5.39 Å². The molecule has 0 amide bonds. The minimum Gasteiger partial charge on any atom is -0.508 e. The third-order valence-corrected chi connectivity index (χ3v) is 2.80. The molecule has 2 aromatic carbocycles. The molecule has 3 heteroatoms. The number of rotatable bonds is 0. The predicted octanol–water partition coefficient (Wildman–Crippen LogP) is 2.86. The molecule has 2 aromatic rings. The van der Waals surface area contributed by atoms with E-state index in [2.05, 4.69) is 22.6 Å². The van der Waals surface area contributed by atoms with Crippen molar-refractivity contribution in [2.75, 3.05) is 0 Å². The normalized spacial score (nSPS) is 10.5. The molecule has 2 rings (SSSR count). The van der Waals surface area contributed by atoms with Gasteiger partial charge in [-0.2, -0.15) is 0 Å². The third-order valence-electron chi connectivity index (χ3n) is 1.93. The lowest BCUT2D eigenvalue weighted by Gasteiger charge is -2.03. The Labute approximate surface area is 89.0 Å². The van der Waals surface area contributed by atoms with Crippen molar-refractivity contribution in [3.63, 3.8) is 0 Å². The van der Waals surface area contributed by atoms with Crippen molar-refractivity contribution in [2.24, 2.45) is 0 Å². The highest BCUT2D eigenvalue weighted by molar-refractivity contribution is 14.1. The molecule has 0 bridgehead atoms. The zero-order valence-electron chi connectivity index (χ0n) is 6.66. The van der Waals surface area contributed by atoms with Crippen molar-refractivity contribution < 1.29 is 10.2 Å². The van der Waals surface area contributed by atoms with Gasteiger partial charge in [0.2, 0.25) is 0 Å². The average Bonchev–Trinajstić information content (AvgIpc) is 2.12. The van der Waals surface area contributed by atoms with Crippen LogP contribution in [0.4, 0.5) is 0 Å². The second kappa shape index (κ2) is 3.06. The Bertz CT molecular complexity index is 460. The van der Waals surface area contributed by atoms with E-state index in [4.69, 9.17) is 0 Å². The molecule has 2 nitrogen and oxygen atoms in total. The van der Waals surface area contributed by atoms with Crippen LogP contribution in [0, 0.1) is 3.57 Å². The topological polar surface area (TPSA) is 40.5 Å². The van der Waals surface area contributed by atoms with Crippen molar-refractivity contribution in [3.05, 3.63) is 33.9 Å². The highest BCUT2D eigenvalue weighted by atomic mass is 127. The van der Waals surface area contributed by atoms with E-state index >= 15 is 0 Å². The number of hydrogen-bond acceptors (Lipinski definition) is 2. The summed E-state index contributed by atoms with van der Waals surface area (Å²) in [6, 6.07) is 8.70. The van der Waals surface area contributed by atoms with Crippen LogP contribution in [-0.4, -0.2) is 10.2 Å². The highest BCUT2D eigenvalue weighted by Crippen LogP contribution is 2.31. The van der Waals surface area contributed by atoms with Gasteiger partial charge < -0.3 is 10.2 Å². The Morgan fingerprint density at radius 2 is 1.69 bits per heavy atom. The fraction of sp³-hybridized carbons (Fsp3) is 0. The van der Waals surface area contributed by atoms with Crippen LogP contribution >= 0.6 is 22.6 Å². The second-order valence-corrected chi connectivity index (χ2v) is 3.96. The van der Waals surface area contributed by atoms with Crippen molar-refractivity contribution in [3.8, 4) is 11.5 Å². The number of phenolic OH excluding ortho intramolecular Hbond substituents is 2. The largest absolute Gasteiger partial charge is 0.508 e. The van der Waals surface area contributed by atoms with Crippen LogP contribution in [-0.2, 0) is 0 Å². The van der Waals surface area contributed by atoms with Crippen LogP contribution in [0.5, 0.6) is 11.5 Å². The Hall–Kier alpha value is -0.970.